The first kappa shape index (κ1) is 15.1. The predicted molar refractivity (Wildman–Crippen MR) is 84.3 cm³/mol. The van der Waals surface area contributed by atoms with Gasteiger partial charge in [-0.2, -0.15) is 13.2 Å². The second-order valence-corrected chi connectivity index (χ2v) is 5.02. The molecule has 0 atom stereocenters. The van der Waals surface area contributed by atoms with E-state index in [1.165, 1.54) is 18.3 Å². The minimum atomic E-state index is -4.36. The van der Waals surface area contributed by atoms with Crippen LogP contribution in [0.2, 0.25) is 0 Å². The fraction of sp³-hybridized carbons (Fsp3) is 0.0556. The Morgan fingerprint density at radius 1 is 0.870 bits per heavy atom. The maximum absolute atomic E-state index is 12.5. The normalized spacial score (nSPS) is 12.1. The summed E-state index contributed by atoms with van der Waals surface area (Å²) in [5, 5.41) is 11.8. The van der Waals surface area contributed by atoms with Gasteiger partial charge in [0.2, 0.25) is 0 Å². The molecule has 0 saturated heterocycles. The van der Waals surface area contributed by atoms with Gasteiger partial charge in [0.05, 0.1) is 11.3 Å². The van der Waals surface area contributed by atoms with Crippen molar-refractivity contribution in [3.8, 4) is 5.75 Å². The third-order valence-corrected chi connectivity index (χ3v) is 3.49. The zero-order valence-corrected chi connectivity index (χ0v) is 11.9. The van der Waals surface area contributed by atoms with Gasteiger partial charge in [0.15, 0.2) is 0 Å². The second kappa shape index (κ2) is 5.76. The van der Waals surface area contributed by atoms with Crippen LogP contribution in [0.15, 0.2) is 65.7 Å². The van der Waals surface area contributed by atoms with E-state index in [0.717, 1.165) is 22.9 Å². The number of rotatable bonds is 2. The fourth-order valence-corrected chi connectivity index (χ4v) is 2.30. The SMILES string of the molecule is Oc1ccc2ccccc2c1C=Nc1ccc(C(F)(F)F)cc1. The van der Waals surface area contributed by atoms with Gasteiger partial charge in [-0.05, 0) is 41.1 Å². The van der Waals surface area contributed by atoms with Gasteiger partial charge in [0.25, 0.3) is 0 Å². The van der Waals surface area contributed by atoms with E-state index in [1.54, 1.807) is 12.1 Å². The van der Waals surface area contributed by atoms with Crippen LogP contribution >= 0.6 is 0 Å². The zero-order chi connectivity index (χ0) is 16.4. The molecule has 0 saturated carbocycles. The summed E-state index contributed by atoms with van der Waals surface area (Å²) in [5.74, 6) is 0.0689. The minimum absolute atomic E-state index is 0.0689. The van der Waals surface area contributed by atoms with Crippen LogP contribution in [0.3, 0.4) is 0 Å². The molecular weight excluding hydrogens is 303 g/mol. The summed E-state index contributed by atoms with van der Waals surface area (Å²) in [7, 11) is 0. The molecule has 0 bridgehead atoms. The lowest BCUT2D eigenvalue weighted by molar-refractivity contribution is -0.137. The number of aromatic hydroxyl groups is 1. The number of phenols is 1. The van der Waals surface area contributed by atoms with Crippen LogP contribution in [0, 0.1) is 0 Å². The van der Waals surface area contributed by atoms with Crippen molar-refractivity contribution in [3.63, 3.8) is 0 Å². The molecule has 0 aliphatic heterocycles. The molecule has 5 heteroatoms. The molecule has 2 nitrogen and oxygen atoms in total. The Labute approximate surface area is 130 Å². The summed E-state index contributed by atoms with van der Waals surface area (Å²) >= 11 is 0. The van der Waals surface area contributed by atoms with Crippen LogP contribution in [-0.4, -0.2) is 11.3 Å². The van der Waals surface area contributed by atoms with E-state index in [9.17, 15) is 18.3 Å². The van der Waals surface area contributed by atoms with Gasteiger partial charge < -0.3 is 5.11 Å². The van der Waals surface area contributed by atoms with Gasteiger partial charge in [0, 0.05) is 11.8 Å². The lowest BCUT2D eigenvalue weighted by atomic mass is 10.0. The Balaban J connectivity index is 1.96. The van der Waals surface area contributed by atoms with E-state index in [4.69, 9.17) is 0 Å². The average Bonchev–Trinajstić information content (AvgIpc) is 2.53. The van der Waals surface area contributed by atoms with Crippen LogP contribution in [-0.2, 0) is 6.18 Å². The van der Waals surface area contributed by atoms with Crippen molar-refractivity contribution in [2.75, 3.05) is 0 Å². The van der Waals surface area contributed by atoms with E-state index < -0.39 is 11.7 Å². The van der Waals surface area contributed by atoms with Crippen molar-refractivity contribution >= 4 is 22.7 Å². The molecule has 0 amide bonds. The predicted octanol–water partition coefficient (Wildman–Crippen LogP) is 5.31. The second-order valence-electron chi connectivity index (χ2n) is 5.02. The largest absolute Gasteiger partial charge is 0.507 e. The standard InChI is InChI=1S/C18H12F3NO/c19-18(20,21)13-6-8-14(9-7-13)22-11-16-15-4-2-1-3-12(15)5-10-17(16)23/h1-11,23H. The molecule has 3 aromatic rings. The van der Waals surface area contributed by atoms with Crippen molar-refractivity contribution in [3.05, 3.63) is 71.8 Å². The first-order valence-corrected chi connectivity index (χ1v) is 6.87. The molecule has 0 fully saturated rings. The number of fused-ring (bicyclic) bond motifs is 1. The maximum atomic E-state index is 12.5. The molecule has 0 radical (unpaired) electrons. The molecule has 3 rings (SSSR count). The van der Waals surface area contributed by atoms with Crippen LogP contribution < -0.4 is 0 Å². The first-order valence-electron chi connectivity index (χ1n) is 6.87. The number of hydrogen-bond donors (Lipinski definition) is 1. The Hall–Kier alpha value is -2.82. The Morgan fingerprint density at radius 2 is 1.57 bits per heavy atom. The van der Waals surface area contributed by atoms with Crippen LogP contribution in [0.4, 0.5) is 18.9 Å². The summed E-state index contributed by atoms with van der Waals surface area (Å²) in [6.07, 6.45) is -2.91. The fourth-order valence-electron chi connectivity index (χ4n) is 2.30. The van der Waals surface area contributed by atoms with E-state index >= 15 is 0 Å². The summed E-state index contributed by atoms with van der Waals surface area (Å²) in [5.41, 5.74) is 0.192. The number of aliphatic imine (C=N–C) groups is 1. The lowest BCUT2D eigenvalue weighted by Crippen LogP contribution is -2.03. The molecule has 0 aliphatic rings. The number of nitrogens with zero attached hydrogens (tertiary/aromatic N) is 1. The van der Waals surface area contributed by atoms with Crippen LogP contribution in [0.5, 0.6) is 5.75 Å². The number of alkyl halides is 3. The van der Waals surface area contributed by atoms with Crippen molar-refractivity contribution in [1.29, 1.82) is 0 Å². The maximum Gasteiger partial charge on any atom is 0.416 e. The molecule has 0 spiro atoms. The van der Waals surface area contributed by atoms with Crippen molar-refractivity contribution in [2.45, 2.75) is 6.18 Å². The highest BCUT2D eigenvalue weighted by molar-refractivity contribution is 6.02. The van der Waals surface area contributed by atoms with Gasteiger partial charge in [-0.3, -0.25) is 4.99 Å². The van der Waals surface area contributed by atoms with Crippen molar-refractivity contribution in [1.82, 2.24) is 0 Å². The molecule has 3 aromatic carbocycles. The molecule has 1 N–H and O–H groups in total. The van der Waals surface area contributed by atoms with Gasteiger partial charge in [0.1, 0.15) is 5.75 Å². The number of hydrogen-bond acceptors (Lipinski definition) is 2. The highest BCUT2D eigenvalue weighted by Crippen LogP contribution is 2.31. The van der Waals surface area contributed by atoms with Crippen molar-refractivity contribution < 1.29 is 18.3 Å². The van der Waals surface area contributed by atoms with Crippen LogP contribution in [0.1, 0.15) is 11.1 Å². The van der Waals surface area contributed by atoms with E-state index in [0.29, 0.717) is 11.3 Å². The van der Waals surface area contributed by atoms with Crippen LogP contribution in [0.25, 0.3) is 10.8 Å². The summed E-state index contributed by atoms with van der Waals surface area (Å²) < 4.78 is 37.6. The van der Waals surface area contributed by atoms with Gasteiger partial charge in [-0.15, -0.1) is 0 Å². The minimum Gasteiger partial charge on any atom is -0.507 e. The topological polar surface area (TPSA) is 32.6 Å². The number of halogens is 3. The van der Waals surface area contributed by atoms with Crippen molar-refractivity contribution in [2.24, 2.45) is 4.99 Å². The highest BCUT2D eigenvalue weighted by atomic mass is 19.4. The smallest absolute Gasteiger partial charge is 0.416 e. The van der Waals surface area contributed by atoms with Gasteiger partial charge in [-0.25, -0.2) is 0 Å². The molecule has 23 heavy (non-hydrogen) atoms. The third kappa shape index (κ3) is 3.18. The number of benzene rings is 3. The molecular formula is C18H12F3NO. The molecule has 0 heterocycles. The third-order valence-electron chi connectivity index (χ3n) is 3.49. The first-order chi connectivity index (χ1) is 10.9. The summed E-state index contributed by atoms with van der Waals surface area (Å²) in [6.45, 7) is 0. The van der Waals surface area contributed by atoms with Gasteiger partial charge >= 0.3 is 6.18 Å². The monoisotopic (exact) mass is 315 g/mol. The van der Waals surface area contributed by atoms with E-state index in [-0.39, 0.29) is 5.75 Å². The average molecular weight is 315 g/mol. The Kier molecular flexibility index (Phi) is 3.78. The Morgan fingerprint density at radius 3 is 2.26 bits per heavy atom. The molecule has 0 aromatic heterocycles. The number of phenolic OH excluding ortho intramolecular Hbond substituents is 1. The Bertz CT molecular complexity index is 868. The molecule has 0 aliphatic carbocycles. The van der Waals surface area contributed by atoms with E-state index in [1.807, 2.05) is 24.3 Å². The lowest BCUT2D eigenvalue weighted by Gasteiger charge is -2.06. The molecule has 116 valence electrons. The summed E-state index contributed by atoms with van der Waals surface area (Å²) in [6, 6.07) is 15.4. The van der Waals surface area contributed by atoms with Gasteiger partial charge in [-0.1, -0.05) is 30.3 Å². The van der Waals surface area contributed by atoms with E-state index in [2.05, 4.69) is 4.99 Å². The quantitative estimate of drug-likeness (QED) is 0.638. The highest BCUT2D eigenvalue weighted by Gasteiger charge is 2.29. The zero-order valence-electron chi connectivity index (χ0n) is 11.9. The summed E-state index contributed by atoms with van der Waals surface area (Å²) in [4.78, 5) is 4.16. The molecule has 0 unspecified atom stereocenters.